The Balaban J connectivity index is 1.70. The summed E-state index contributed by atoms with van der Waals surface area (Å²) in [6.45, 7) is 3.18. The number of hydrogen-bond acceptors (Lipinski definition) is 4. The summed E-state index contributed by atoms with van der Waals surface area (Å²) in [7, 11) is 0. The highest BCUT2D eigenvalue weighted by Crippen LogP contribution is 2.16. The second-order valence-electron chi connectivity index (χ2n) is 5.68. The van der Waals surface area contributed by atoms with Gasteiger partial charge in [-0.2, -0.15) is 0 Å². The lowest BCUT2D eigenvalue weighted by molar-refractivity contribution is -0.123. The number of imidazole rings is 1. The van der Waals surface area contributed by atoms with Gasteiger partial charge in [0, 0.05) is 18.0 Å². The topological polar surface area (TPSA) is 72.7 Å². The molecular formula is C18H15F2N3O3. The fourth-order valence-electron chi connectivity index (χ4n) is 2.35. The van der Waals surface area contributed by atoms with Crippen LogP contribution in [0.3, 0.4) is 0 Å². The normalized spacial score (nSPS) is 12.0. The maximum absolute atomic E-state index is 13.6. The number of aryl methyl sites for hydroxylation is 1. The molecule has 0 unspecified atom stereocenters. The van der Waals surface area contributed by atoms with Gasteiger partial charge in [0.2, 0.25) is 0 Å². The van der Waals surface area contributed by atoms with Gasteiger partial charge in [-0.3, -0.25) is 4.79 Å². The number of hydrogen-bond donors (Lipinski definition) is 1. The Labute approximate surface area is 147 Å². The molecule has 1 amide bonds. The summed E-state index contributed by atoms with van der Waals surface area (Å²) in [6, 6.07) is 8.05. The van der Waals surface area contributed by atoms with Gasteiger partial charge < -0.3 is 14.5 Å². The van der Waals surface area contributed by atoms with Crippen molar-refractivity contribution in [2.75, 3.05) is 5.32 Å². The zero-order valence-electron chi connectivity index (χ0n) is 14.0. The summed E-state index contributed by atoms with van der Waals surface area (Å²) in [5.74, 6) is -3.08. The van der Waals surface area contributed by atoms with E-state index in [-0.39, 0.29) is 11.4 Å². The number of ether oxygens (including phenoxy) is 1. The van der Waals surface area contributed by atoms with Crippen LogP contribution in [-0.2, 0) is 9.53 Å². The van der Waals surface area contributed by atoms with Gasteiger partial charge in [-0.05, 0) is 38.1 Å². The Bertz CT molecular complexity index is 1000. The van der Waals surface area contributed by atoms with Gasteiger partial charge in [-0.25, -0.2) is 18.6 Å². The first-order valence-electron chi connectivity index (χ1n) is 7.77. The van der Waals surface area contributed by atoms with E-state index in [1.807, 2.05) is 13.0 Å². The van der Waals surface area contributed by atoms with Gasteiger partial charge in [0.25, 0.3) is 5.91 Å². The van der Waals surface area contributed by atoms with E-state index in [9.17, 15) is 18.4 Å². The van der Waals surface area contributed by atoms with Crippen molar-refractivity contribution in [1.29, 1.82) is 0 Å². The third-order valence-corrected chi connectivity index (χ3v) is 3.74. The first kappa shape index (κ1) is 17.5. The number of amides is 1. The first-order valence-corrected chi connectivity index (χ1v) is 7.77. The van der Waals surface area contributed by atoms with Crippen LogP contribution in [0.5, 0.6) is 0 Å². The van der Waals surface area contributed by atoms with Gasteiger partial charge in [-0.1, -0.05) is 6.07 Å². The molecule has 3 rings (SSSR count). The summed E-state index contributed by atoms with van der Waals surface area (Å²) >= 11 is 0. The zero-order chi connectivity index (χ0) is 18.8. The number of esters is 1. The number of fused-ring (bicyclic) bond motifs is 1. The third-order valence-electron chi connectivity index (χ3n) is 3.74. The molecule has 1 atom stereocenters. The predicted octanol–water partition coefficient (Wildman–Crippen LogP) is 3.10. The van der Waals surface area contributed by atoms with Crippen LogP contribution in [0, 0.1) is 18.6 Å². The van der Waals surface area contributed by atoms with Gasteiger partial charge in [0.1, 0.15) is 17.3 Å². The highest BCUT2D eigenvalue weighted by molar-refractivity contribution is 5.97. The summed E-state index contributed by atoms with van der Waals surface area (Å²) < 4.78 is 33.5. The van der Waals surface area contributed by atoms with E-state index in [1.165, 1.54) is 13.1 Å². The molecule has 0 saturated carbocycles. The van der Waals surface area contributed by atoms with E-state index in [4.69, 9.17) is 4.74 Å². The molecule has 0 saturated heterocycles. The van der Waals surface area contributed by atoms with Crippen molar-refractivity contribution < 1.29 is 23.1 Å². The molecule has 0 bridgehead atoms. The number of benzene rings is 1. The number of rotatable bonds is 4. The molecule has 2 heterocycles. The molecule has 2 aromatic heterocycles. The Hall–Kier alpha value is -3.29. The van der Waals surface area contributed by atoms with Crippen molar-refractivity contribution in [1.82, 2.24) is 9.38 Å². The molecular weight excluding hydrogens is 344 g/mol. The van der Waals surface area contributed by atoms with Gasteiger partial charge in [0.05, 0.1) is 5.69 Å². The number of carbonyl (C=O) groups excluding carboxylic acids is 2. The minimum atomic E-state index is -1.23. The molecule has 26 heavy (non-hydrogen) atoms. The fraction of sp³-hybridized carbons (Fsp3) is 0.167. The molecule has 134 valence electrons. The Morgan fingerprint density at radius 1 is 1.23 bits per heavy atom. The molecule has 0 aliphatic heterocycles. The molecule has 0 radical (unpaired) electrons. The predicted molar refractivity (Wildman–Crippen MR) is 89.8 cm³/mol. The van der Waals surface area contributed by atoms with Crippen LogP contribution in [-0.4, -0.2) is 27.4 Å². The van der Waals surface area contributed by atoms with Crippen LogP contribution in [0.2, 0.25) is 0 Å². The highest BCUT2D eigenvalue weighted by atomic mass is 19.1. The average molecular weight is 359 g/mol. The molecule has 6 nitrogen and oxygen atoms in total. The number of aromatic nitrogens is 2. The van der Waals surface area contributed by atoms with Crippen LogP contribution in [0.25, 0.3) is 5.65 Å². The van der Waals surface area contributed by atoms with Crippen LogP contribution < -0.4 is 5.32 Å². The van der Waals surface area contributed by atoms with Crippen molar-refractivity contribution in [3.8, 4) is 0 Å². The molecule has 0 aliphatic rings. The monoisotopic (exact) mass is 359 g/mol. The molecule has 1 N–H and O–H groups in total. The quantitative estimate of drug-likeness (QED) is 0.727. The Morgan fingerprint density at radius 3 is 2.73 bits per heavy atom. The fourth-order valence-corrected chi connectivity index (χ4v) is 2.35. The van der Waals surface area contributed by atoms with Crippen molar-refractivity contribution in [3.05, 3.63) is 65.6 Å². The Kier molecular flexibility index (Phi) is 4.66. The molecule has 3 aromatic rings. The largest absolute Gasteiger partial charge is 0.448 e. The maximum Gasteiger partial charge on any atom is 0.359 e. The van der Waals surface area contributed by atoms with Gasteiger partial charge in [-0.15, -0.1) is 0 Å². The first-order chi connectivity index (χ1) is 12.3. The van der Waals surface area contributed by atoms with Crippen LogP contribution >= 0.6 is 0 Å². The molecule has 8 heteroatoms. The Morgan fingerprint density at radius 2 is 2.00 bits per heavy atom. The minimum absolute atomic E-state index is 0.0379. The van der Waals surface area contributed by atoms with Crippen LogP contribution in [0.15, 0.2) is 42.6 Å². The average Bonchev–Trinajstić information content (AvgIpc) is 3.04. The molecule has 0 fully saturated rings. The van der Waals surface area contributed by atoms with Crippen molar-refractivity contribution >= 4 is 23.2 Å². The lowest BCUT2D eigenvalue weighted by Gasteiger charge is -2.13. The lowest BCUT2D eigenvalue weighted by atomic mass is 10.2. The van der Waals surface area contributed by atoms with E-state index >= 15 is 0 Å². The van der Waals surface area contributed by atoms with Crippen molar-refractivity contribution in [2.24, 2.45) is 0 Å². The maximum atomic E-state index is 13.6. The lowest BCUT2D eigenvalue weighted by Crippen LogP contribution is -2.30. The number of nitrogens with one attached hydrogen (secondary N) is 1. The second-order valence-corrected chi connectivity index (χ2v) is 5.68. The van der Waals surface area contributed by atoms with Crippen LogP contribution in [0.4, 0.5) is 14.5 Å². The molecule has 1 aromatic carbocycles. The van der Waals surface area contributed by atoms with E-state index in [0.717, 1.165) is 23.9 Å². The van der Waals surface area contributed by atoms with Crippen LogP contribution in [0.1, 0.15) is 23.1 Å². The van der Waals surface area contributed by atoms with Crippen molar-refractivity contribution in [3.63, 3.8) is 0 Å². The van der Waals surface area contributed by atoms with Gasteiger partial charge >= 0.3 is 5.97 Å². The minimum Gasteiger partial charge on any atom is -0.448 e. The SMILES string of the molecule is Cc1cccc2nc(C(=O)O[C@@H](C)C(=O)Nc3cc(F)ccc3F)cn12. The summed E-state index contributed by atoms with van der Waals surface area (Å²) in [5, 5.41) is 2.19. The smallest absolute Gasteiger partial charge is 0.359 e. The van der Waals surface area contributed by atoms with E-state index in [1.54, 1.807) is 16.5 Å². The second kappa shape index (κ2) is 6.91. The third kappa shape index (κ3) is 3.53. The number of anilines is 1. The zero-order valence-corrected chi connectivity index (χ0v) is 14.0. The highest BCUT2D eigenvalue weighted by Gasteiger charge is 2.22. The summed E-state index contributed by atoms with van der Waals surface area (Å²) in [5.41, 5.74) is 1.15. The standard InChI is InChI=1S/C18H15F2N3O3/c1-10-4-3-5-16-21-15(9-23(10)16)18(25)26-11(2)17(24)22-14-8-12(19)6-7-13(14)20/h3-9,11H,1-2H3,(H,22,24)/t11-/m0/s1. The number of nitrogens with zero attached hydrogens (tertiary/aromatic N) is 2. The molecule has 0 aliphatic carbocycles. The summed E-state index contributed by atoms with van der Waals surface area (Å²) in [4.78, 5) is 28.4. The van der Waals surface area contributed by atoms with E-state index in [0.29, 0.717) is 5.65 Å². The van der Waals surface area contributed by atoms with E-state index < -0.39 is 29.6 Å². The number of halogens is 2. The molecule has 0 spiro atoms. The number of carbonyl (C=O) groups is 2. The van der Waals surface area contributed by atoms with Gasteiger partial charge in [0.15, 0.2) is 11.8 Å². The number of pyridine rings is 1. The summed E-state index contributed by atoms with van der Waals surface area (Å²) in [6.07, 6.45) is 0.278. The van der Waals surface area contributed by atoms with E-state index in [2.05, 4.69) is 10.3 Å². The van der Waals surface area contributed by atoms with Crippen molar-refractivity contribution in [2.45, 2.75) is 20.0 Å².